The van der Waals surface area contributed by atoms with Gasteiger partial charge >= 0.3 is 0 Å². The maximum absolute atomic E-state index is 12.3. The SMILES string of the molecule is CCc1nc(C(=O)NCCc2ncn[nH]2)nn1-c1c(Cl)cccc1Cl. The molecule has 130 valence electrons. The number of hydrogen-bond donors (Lipinski definition) is 2. The van der Waals surface area contributed by atoms with Gasteiger partial charge in [-0.25, -0.2) is 14.6 Å². The maximum atomic E-state index is 12.3. The molecule has 1 amide bonds. The Morgan fingerprint density at radius 1 is 1.32 bits per heavy atom. The standard InChI is InChI=1S/C15H15Cl2N7O/c1-2-12-21-14(15(25)18-7-6-11-19-8-20-22-11)23-24(12)13-9(16)4-3-5-10(13)17/h3-5,8H,2,6-7H2,1H3,(H,18,25)(H,19,20,22). The van der Waals surface area contributed by atoms with Crippen LogP contribution in [-0.4, -0.2) is 42.4 Å². The molecule has 25 heavy (non-hydrogen) atoms. The lowest BCUT2D eigenvalue weighted by molar-refractivity contribution is 0.0943. The molecule has 0 aliphatic rings. The molecule has 0 spiro atoms. The van der Waals surface area contributed by atoms with Gasteiger partial charge in [-0.3, -0.25) is 9.89 Å². The normalized spacial score (nSPS) is 10.8. The Hall–Kier alpha value is -2.45. The van der Waals surface area contributed by atoms with E-state index in [1.54, 1.807) is 18.2 Å². The highest BCUT2D eigenvalue weighted by atomic mass is 35.5. The predicted octanol–water partition coefficient (Wildman–Crippen LogP) is 2.23. The summed E-state index contributed by atoms with van der Waals surface area (Å²) >= 11 is 12.5. The fourth-order valence-electron chi connectivity index (χ4n) is 2.26. The van der Waals surface area contributed by atoms with Crippen LogP contribution in [0.3, 0.4) is 0 Å². The van der Waals surface area contributed by atoms with E-state index in [-0.39, 0.29) is 11.7 Å². The monoisotopic (exact) mass is 379 g/mol. The minimum Gasteiger partial charge on any atom is -0.349 e. The van der Waals surface area contributed by atoms with E-state index in [9.17, 15) is 4.79 Å². The molecule has 0 aliphatic heterocycles. The average Bonchev–Trinajstić information content (AvgIpc) is 3.24. The Morgan fingerprint density at radius 3 is 2.72 bits per heavy atom. The van der Waals surface area contributed by atoms with Crippen molar-refractivity contribution in [1.82, 2.24) is 35.3 Å². The fraction of sp³-hybridized carbons (Fsp3) is 0.267. The Kier molecular flexibility index (Phi) is 5.30. The van der Waals surface area contributed by atoms with Crippen LogP contribution in [0.1, 0.15) is 29.2 Å². The van der Waals surface area contributed by atoms with Crippen LogP contribution in [0.4, 0.5) is 0 Å². The number of nitrogens with zero attached hydrogens (tertiary/aromatic N) is 5. The number of rotatable bonds is 6. The summed E-state index contributed by atoms with van der Waals surface area (Å²) in [6.45, 7) is 2.30. The topological polar surface area (TPSA) is 101 Å². The summed E-state index contributed by atoms with van der Waals surface area (Å²) in [7, 11) is 0. The molecule has 0 bridgehead atoms. The molecule has 10 heteroatoms. The number of hydrogen-bond acceptors (Lipinski definition) is 5. The molecular formula is C15H15Cl2N7O. The van der Waals surface area contributed by atoms with Crippen LogP contribution in [0.15, 0.2) is 24.5 Å². The summed E-state index contributed by atoms with van der Waals surface area (Å²) in [6.07, 6.45) is 2.52. The zero-order valence-electron chi connectivity index (χ0n) is 13.3. The summed E-state index contributed by atoms with van der Waals surface area (Å²) in [4.78, 5) is 20.6. The molecule has 8 nitrogen and oxygen atoms in total. The van der Waals surface area contributed by atoms with E-state index in [1.165, 1.54) is 11.0 Å². The number of halogens is 2. The van der Waals surface area contributed by atoms with Crippen LogP contribution >= 0.6 is 23.2 Å². The van der Waals surface area contributed by atoms with Gasteiger partial charge in [0.2, 0.25) is 5.82 Å². The van der Waals surface area contributed by atoms with Crippen molar-refractivity contribution in [3.63, 3.8) is 0 Å². The van der Waals surface area contributed by atoms with Crippen LogP contribution in [0.5, 0.6) is 0 Å². The van der Waals surface area contributed by atoms with Crippen molar-refractivity contribution in [1.29, 1.82) is 0 Å². The first-order valence-electron chi connectivity index (χ1n) is 7.63. The second kappa shape index (κ2) is 7.62. The second-order valence-corrected chi connectivity index (χ2v) is 5.94. The molecule has 0 fully saturated rings. The Balaban J connectivity index is 1.79. The first kappa shape index (κ1) is 17.4. The lowest BCUT2D eigenvalue weighted by atomic mass is 10.3. The number of aromatic nitrogens is 6. The van der Waals surface area contributed by atoms with Gasteiger partial charge in [-0.05, 0) is 12.1 Å². The first-order valence-corrected chi connectivity index (χ1v) is 8.38. The van der Waals surface area contributed by atoms with Crippen LogP contribution in [0.25, 0.3) is 5.69 Å². The fourth-order valence-corrected chi connectivity index (χ4v) is 2.82. The molecule has 1 aromatic carbocycles. The van der Waals surface area contributed by atoms with Crippen LogP contribution in [0, 0.1) is 0 Å². The van der Waals surface area contributed by atoms with Crippen molar-refractivity contribution < 1.29 is 4.79 Å². The molecule has 0 unspecified atom stereocenters. The third-order valence-electron chi connectivity index (χ3n) is 3.46. The zero-order chi connectivity index (χ0) is 17.8. The van der Waals surface area contributed by atoms with Crippen molar-refractivity contribution in [3.05, 3.63) is 52.0 Å². The van der Waals surface area contributed by atoms with Gasteiger partial charge in [0.15, 0.2) is 0 Å². The highest BCUT2D eigenvalue weighted by Gasteiger charge is 2.19. The summed E-state index contributed by atoms with van der Waals surface area (Å²) in [5.74, 6) is 0.966. The highest BCUT2D eigenvalue weighted by Crippen LogP contribution is 2.28. The third kappa shape index (κ3) is 3.80. The van der Waals surface area contributed by atoms with Crippen molar-refractivity contribution in [2.45, 2.75) is 19.8 Å². The van der Waals surface area contributed by atoms with Crippen molar-refractivity contribution >= 4 is 29.1 Å². The molecule has 0 aliphatic carbocycles. The van der Waals surface area contributed by atoms with E-state index in [0.29, 0.717) is 46.8 Å². The number of nitrogens with one attached hydrogen (secondary N) is 2. The number of benzene rings is 1. The minimum atomic E-state index is -0.379. The van der Waals surface area contributed by atoms with Crippen molar-refractivity contribution in [3.8, 4) is 5.69 Å². The van der Waals surface area contributed by atoms with Gasteiger partial charge in [0.05, 0.1) is 10.0 Å². The molecule has 2 heterocycles. The van der Waals surface area contributed by atoms with E-state index >= 15 is 0 Å². The minimum absolute atomic E-state index is 0.0606. The van der Waals surface area contributed by atoms with Crippen molar-refractivity contribution in [2.24, 2.45) is 0 Å². The molecule has 0 saturated heterocycles. The van der Waals surface area contributed by atoms with Crippen LogP contribution < -0.4 is 5.32 Å². The predicted molar refractivity (Wildman–Crippen MR) is 93.2 cm³/mol. The molecule has 2 N–H and O–H groups in total. The summed E-state index contributed by atoms with van der Waals surface area (Å²) in [5.41, 5.74) is 0.510. The van der Waals surface area contributed by atoms with Crippen LogP contribution in [-0.2, 0) is 12.8 Å². The number of aromatic amines is 1. The van der Waals surface area contributed by atoms with Gasteiger partial charge < -0.3 is 5.32 Å². The number of para-hydroxylation sites is 1. The Bertz CT molecular complexity index is 856. The summed E-state index contributed by atoms with van der Waals surface area (Å²) in [6, 6.07) is 5.16. The van der Waals surface area contributed by atoms with Gasteiger partial charge in [-0.2, -0.15) is 5.10 Å². The largest absolute Gasteiger partial charge is 0.349 e. The van der Waals surface area contributed by atoms with E-state index in [0.717, 1.165) is 0 Å². The van der Waals surface area contributed by atoms with Gasteiger partial charge in [0.25, 0.3) is 5.91 Å². The first-order chi connectivity index (χ1) is 12.1. The lowest BCUT2D eigenvalue weighted by Crippen LogP contribution is -2.27. The smallest absolute Gasteiger partial charge is 0.290 e. The molecule has 0 atom stereocenters. The molecule has 0 saturated carbocycles. The van der Waals surface area contributed by atoms with Gasteiger partial charge in [0, 0.05) is 19.4 Å². The summed E-state index contributed by atoms with van der Waals surface area (Å²) in [5, 5.41) is 14.4. The molecular weight excluding hydrogens is 365 g/mol. The second-order valence-electron chi connectivity index (χ2n) is 5.13. The summed E-state index contributed by atoms with van der Waals surface area (Å²) < 4.78 is 1.51. The van der Waals surface area contributed by atoms with Crippen molar-refractivity contribution in [2.75, 3.05) is 6.54 Å². The third-order valence-corrected chi connectivity index (χ3v) is 4.07. The highest BCUT2D eigenvalue weighted by molar-refractivity contribution is 6.37. The average molecular weight is 380 g/mol. The van der Waals surface area contributed by atoms with E-state index < -0.39 is 0 Å². The number of H-pyrrole nitrogens is 1. The van der Waals surface area contributed by atoms with Gasteiger partial charge in [0.1, 0.15) is 23.7 Å². The molecule has 3 aromatic rings. The van der Waals surface area contributed by atoms with E-state index in [4.69, 9.17) is 23.2 Å². The molecule has 2 aromatic heterocycles. The molecule has 0 radical (unpaired) electrons. The number of aryl methyl sites for hydroxylation is 1. The van der Waals surface area contributed by atoms with Gasteiger partial charge in [-0.1, -0.05) is 36.2 Å². The van der Waals surface area contributed by atoms with E-state index in [2.05, 4.69) is 30.6 Å². The van der Waals surface area contributed by atoms with E-state index in [1.807, 2.05) is 6.92 Å². The quantitative estimate of drug-likeness (QED) is 0.683. The van der Waals surface area contributed by atoms with Crippen LogP contribution in [0.2, 0.25) is 10.0 Å². The maximum Gasteiger partial charge on any atom is 0.290 e. The Morgan fingerprint density at radius 2 is 2.08 bits per heavy atom. The number of carbonyl (C=O) groups is 1. The molecule has 3 rings (SSSR count). The van der Waals surface area contributed by atoms with Gasteiger partial charge in [-0.15, -0.1) is 5.10 Å². The number of carbonyl (C=O) groups excluding carboxylic acids is 1. The zero-order valence-corrected chi connectivity index (χ0v) is 14.8. The number of amides is 1. The lowest BCUT2D eigenvalue weighted by Gasteiger charge is -2.08. The Labute approximate surface area is 153 Å².